The molecular weight excluding hydrogens is 565 g/mol. The number of sulfonamides is 1. The summed E-state index contributed by atoms with van der Waals surface area (Å²) in [5.74, 6) is -0.458. The number of carbonyl (C=O) groups excluding carboxylic acids is 2. The fraction of sp³-hybridized carbons (Fsp3) is 0.259. The predicted molar refractivity (Wildman–Crippen MR) is 151 cm³/mol. The molecule has 39 heavy (non-hydrogen) atoms. The Kier molecular flexibility index (Phi) is 10.1. The first-order valence-corrected chi connectivity index (χ1v) is 14.0. The topological polar surface area (TPSA) is 105 Å². The molecule has 1 N–H and O–H groups in total. The normalized spacial score (nSPS) is 11.8. The lowest BCUT2D eigenvalue weighted by Gasteiger charge is -2.32. The average molecular weight is 595 g/mol. The molecule has 0 saturated carbocycles. The van der Waals surface area contributed by atoms with Gasteiger partial charge in [-0.05, 0) is 48.9 Å². The van der Waals surface area contributed by atoms with E-state index in [4.69, 9.17) is 32.7 Å². The molecule has 0 aliphatic carbocycles. The standard InChI is InChI=1S/C27H29Cl2N3O6S/c1-18(27(34)30-2)31(16-19-10-12-22(28)23(29)14-19)26(33)17-32(20-8-6-5-7-9-20)39(35,36)21-11-13-24(37-3)25(15-21)38-4/h5-15,18H,16-17H2,1-4H3,(H,30,34). The minimum atomic E-state index is -4.27. The molecule has 0 aliphatic heterocycles. The quantitative estimate of drug-likeness (QED) is 0.354. The molecule has 3 aromatic rings. The second-order valence-electron chi connectivity index (χ2n) is 8.42. The molecule has 2 amide bonds. The zero-order valence-corrected chi connectivity index (χ0v) is 24.2. The Morgan fingerprint density at radius 1 is 0.923 bits per heavy atom. The van der Waals surface area contributed by atoms with Crippen LogP contribution in [0.15, 0.2) is 71.6 Å². The van der Waals surface area contributed by atoms with E-state index < -0.39 is 34.4 Å². The monoisotopic (exact) mass is 593 g/mol. The van der Waals surface area contributed by atoms with E-state index in [9.17, 15) is 18.0 Å². The number of ether oxygens (including phenoxy) is 2. The molecule has 1 unspecified atom stereocenters. The number of methoxy groups -OCH3 is 2. The molecule has 1 atom stereocenters. The first-order valence-electron chi connectivity index (χ1n) is 11.8. The number of hydrogen-bond acceptors (Lipinski definition) is 6. The number of benzene rings is 3. The van der Waals surface area contributed by atoms with Gasteiger partial charge in [-0.1, -0.05) is 47.5 Å². The van der Waals surface area contributed by atoms with E-state index in [-0.39, 0.29) is 27.9 Å². The van der Waals surface area contributed by atoms with Crippen molar-refractivity contribution in [2.75, 3.05) is 32.1 Å². The van der Waals surface area contributed by atoms with Crippen LogP contribution in [0.1, 0.15) is 12.5 Å². The van der Waals surface area contributed by atoms with Gasteiger partial charge in [-0.3, -0.25) is 13.9 Å². The van der Waals surface area contributed by atoms with E-state index >= 15 is 0 Å². The number of likely N-dealkylation sites (N-methyl/N-ethyl adjacent to an activating group) is 1. The number of para-hydroxylation sites is 1. The molecule has 0 bridgehead atoms. The van der Waals surface area contributed by atoms with Crippen LogP contribution in [-0.4, -0.2) is 59.0 Å². The van der Waals surface area contributed by atoms with Gasteiger partial charge in [-0.2, -0.15) is 0 Å². The summed E-state index contributed by atoms with van der Waals surface area (Å²) in [5.41, 5.74) is 0.880. The largest absolute Gasteiger partial charge is 0.493 e. The number of rotatable bonds is 11. The summed E-state index contributed by atoms with van der Waals surface area (Å²) in [4.78, 5) is 27.5. The lowest BCUT2D eigenvalue weighted by molar-refractivity contribution is -0.139. The third-order valence-electron chi connectivity index (χ3n) is 6.02. The molecule has 0 fully saturated rings. The number of hydrogen-bond donors (Lipinski definition) is 1. The maximum atomic E-state index is 13.9. The van der Waals surface area contributed by atoms with Crippen LogP contribution in [-0.2, 0) is 26.2 Å². The molecule has 0 heterocycles. The fourth-order valence-corrected chi connectivity index (χ4v) is 5.60. The van der Waals surface area contributed by atoms with Gasteiger partial charge in [0.05, 0.1) is 34.8 Å². The molecule has 0 radical (unpaired) electrons. The molecule has 0 spiro atoms. The summed E-state index contributed by atoms with van der Waals surface area (Å²) >= 11 is 12.2. The molecule has 0 aliphatic rings. The lowest BCUT2D eigenvalue weighted by atomic mass is 10.1. The Morgan fingerprint density at radius 2 is 1.59 bits per heavy atom. The van der Waals surface area contributed by atoms with Crippen molar-refractivity contribution in [2.24, 2.45) is 0 Å². The molecular formula is C27H29Cl2N3O6S. The summed E-state index contributed by atoms with van der Waals surface area (Å²) in [5, 5.41) is 3.16. The number of nitrogens with one attached hydrogen (secondary N) is 1. The van der Waals surface area contributed by atoms with Crippen LogP contribution in [0.2, 0.25) is 10.0 Å². The minimum Gasteiger partial charge on any atom is -0.493 e. The van der Waals surface area contributed by atoms with Crippen molar-refractivity contribution < 1.29 is 27.5 Å². The van der Waals surface area contributed by atoms with Gasteiger partial charge in [0, 0.05) is 19.7 Å². The minimum absolute atomic E-state index is 0.0106. The molecule has 3 rings (SSSR count). The van der Waals surface area contributed by atoms with Crippen LogP contribution in [0, 0.1) is 0 Å². The van der Waals surface area contributed by atoms with E-state index in [1.54, 1.807) is 55.5 Å². The SMILES string of the molecule is CNC(=O)C(C)N(Cc1ccc(Cl)c(Cl)c1)C(=O)CN(c1ccccc1)S(=O)(=O)c1ccc(OC)c(OC)c1. The molecule has 0 saturated heterocycles. The number of halogens is 2. The van der Waals surface area contributed by atoms with Crippen LogP contribution in [0.25, 0.3) is 0 Å². The van der Waals surface area contributed by atoms with E-state index in [0.29, 0.717) is 16.3 Å². The van der Waals surface area contributed by atoms with Crippen LogP contribution < -0.4 is 19.1 Å². The van der Waals surface area contributed by atoms with Gasteiger partial charge in [0.2, 0.25) is 11.8 Å². The highest BCUT2D eigenvalue weighted by Crippen LogP contribution is 2.32. The Labute approximate surface area is 238 Å². The maximum absolute atomic E-state index is 13.9. The fourth-order valence-electron chi connectivity index (χ4n) is 3.85. The third-order valence-corrected chi connectivity index (χ3v) is 8.53. The van der Waals surface area contributed by atoms with E-state index in [1.807, 2.05) is 0 Å². The Bertz CT molecular complexity index is 1440. The Balaban J connectivity index is 2.05. The second kappa shape index (κ2) is 13.1. The average Bonchev–Trinajstić information content (AvgIpc) is 2.95. The first kappa shape index (κ1) is 30.1. The molecule has 208 valence electrons. The zero-order valence-electron chi connectivity index (χ0n) is 21.9. The van der Waals surface area contributed by atoms with Gasteiger partial charge in [-0.25, -0.2) is 8.42 Å². The highest BCUT2D eigenvalue weighted by Gasteiger charge is 2.32. The van der Waals surface area contributed by atoms with E-state index in [2.05, 4.69) is 5.32 Å². The van der Waals surface area contributed by atoms with Gasteiger partial charge in [0.25, 0.3) is 10.0 Å². The van der Waals surface area contributed by atoms with Crippen molar-refractivity contribution in [2.45, 2.75) is 24.4 Å². The number of anilines is 1. The van der Waals surface area contributed by atoms with Gasteiger partial charge in [0.1, 0.15) is 12.6 Å². The molecule has 0 aromatic heterocycles. The summed E-state index contributed by atoms with van der Waals surface area (Å²) in [6.07, 6.45) is 0. The van der Waals surface area contributed by atoms with Crippen molar-refractivity contribution in [3.8, 4) is 11.5 Å². The summed E-state index contributed by atoms with van der Waals surface area (Å²) in [6, 6.07) is 16.3. The van der Waals surface area contributed by atoms with E-state index in [1.165, 1.54) is 44.4 Å². The molecule has 3 aromatic carbocycles. The van der Waals surface area contributed by atoms with Crippen LogP contribution in [0.3, 0.4) is 0 Å². The van der Waals surface area contributed by atoms with Crippen molar-refractivity contribution >= 4 is 50.7 Å². The van der Waals surface area contributed by atoms with Gasteiger partial charge >= 0.3 is 0 Å². The van der Waals surface area contributed by atoms with Crippen molar-refractivity contribution in [1.29, 1.82) is 0 Å². The Morgan fingerprint density at radius 3 is 2.18 bits per heavy atom. The van der Waals surface area contributed by atoms with Crippen LogP contribution >= 0.6 is 23.2 Å². The second-order valence-corrected chi connectivity index (χ2v) is 11.1. The van der Waals surface area contributed by atoms with Gasteiger partial charge < -0.3 is 19.7 Å². The van der Waals surface area contributed by atoms with Crippen molar-refractivity contribution in [1.82, 2.24) is 10.2 Å². The summed E-state index contributed by atoms with van der Waals surface area (Å²) < 4.78 is 39.3. The van der Waals surface area contributed by atoms with E-state index in [0.717, 1.165) is 4.31 Å². The number of amides is 2. The number of nitrogens with zero attached hydrogens (tertiary/aromatic N) is 2. The first-order chi connectivity index (χ1) is 18.5. The van der Waals surface area contributed by atoms with Crippen molar-refractivity contribution in [3.05, 3.63) is 82.3 Å². The predicted octanol–water partition coefficient (Wildman–Crippen LogP) is 4.37. The lowest BCUT2D eigenvalue weighted by Crippen LogP contribution is -2.50. The number of carbonyl (C=O) groups is 2. The molecule has 12 heteroatoms. The summed E-state index contributed by atoms with van der Waals surface area (Å²) in [6.45, 7) is 0.969. The molecule has 9 nitrogen and oxygen atoms in total. The van der Waals surface area contributed by atoms with Gasteiger partial charge in [0.15, 0.2) is 11.5 Å². The highest BCUT2D eigenvalue weighted by atomic mass is 35.5. The van der Waals surface area contributed by atoms with Crippen LogP contribution in [0.4, 0.5) is 5.69 Å². The van der Waals surface area contributed by atoms with Gasteiger partial charge in [-0.15, -0.1) is 0 Å². The van der Waals surface area contributed by atoms with Crippen molar-refractivity contribution in [3.63, 3.8) is 0 Å². The highest BCUT2D eigenvalue weighted by molar-refractivity contribution is 7.92. The zero-order chi connectivity index (χ0) is 28.7. The third kappa shape index (κ3) is 6.95. The maximum Gasteiger partial charge on any atom is 0.264 e. The van der Waals surface area contributed by atoms with Crippen LogP contribution in [0.5, 0.6) is 11.5 Å². The summed E-state index contributed by atoms with van der Waals surface area (Å²) in [7, 11) is 0.0291. The smallest absolute Gasteiger partial charge is 0.264 e. The Hall–Kier alpha value is -3.47.